The fraction of sp³-hybridized carbons (Fsp3) is 1.00. The van der Waals surface area contributed by atoms with Gasteiger partial charge in [0.05, 0.1) is 0 Å². The van der Waals surface area contributed by atoms with Gasteiger partial charge in [0.2, 0.25) is 0 Å². The normalized spacial score (nSPS) is 26.7. The van der Waals surface area contributed by atoms with Crippen molar-refractivity contribution in [2.45, 2.75) is 70.4 Å². The van der Waals surface area contributed by atoms with Crippen LogP contribution in [0.25, 0.3) is 0 Å². The summed E-state index contributed by atoms with van der Waals surface area (Å²) >= 11 is 1.98. The largest absolute Gasteiger partial charge is 0.308 e. The Bertz CT molecular complexity index is 274. The van der Waals surface area contributed by atoms with Crippen molar-refractivity contribution in [2.75, 3.05) is 31.6 Å². The summed E-state index contributed by atoms with van der Waals surface area (Å²) < 4.78 is 0. The van der Waals surface area contributed by atoms with Crippen molar-refractivity contribution < 1.29 is 0 Å². The third-order valence-electron chi connectivity index (χ3n) is 5.28. The molecule has 2 fully saturated rings. The summed E-state index contributed by atoms with van der Waals surface area (Å²) in [6.45, 7) is 8.61. The van der Waals surface area contributed by atoms with E-state index in [2.05, 4.69) is 30.3 Å². The van der Waals surface area contributed by atoms with Gasteiger partial charge in [0.25, 0.3) is 0 Å². The van der Waals surface area contributed by atoms with E-state index in [0.717, 1.165) is 12.0 Å². The second kappa shape index (κ2) is 8.05. The van der Waals surface area contributed by atoms with Crippen molar-refractivity contribution in [1.29, 1.82) is 0 Å². The van der Waals surface area contributed by atoms with Gasteiger partial charge in [-0.05, 0) is 50.2 Å². The molecule has 0 radical (unpaired) electrons. The SMILES string of the molecule is CSCCCCCN1CC2(CCCC2)NCC1C(C)C. The third kappa shape index (κ3) is 4.38. The Balaban J connectivity index is 1.83. The van der Waals surface area contributed by atoms with E-state index in [1.165, 1.54) is 70.3 Å². The molecule has 1 saturated carbocycles. The fourth-order valence-corrected chi connectivity index (χ4v) is 4.53. The molecule has 0 aromatic rings. The summed E-state index contributed by atoms with van der Waals surface area (Å²) in [5.41, 5.74) is 0.477. The smallest absolute Gasteiger partial charge is 0.0309 e. The summed E-state index contributed by atoms with van der Waals surface area (Å²) in [5, 5.41) is 3.92. The van der Waals surface area contributed by atoms with Gasteiger partial charge >= 0.3 is 0 Å². The average molecular weight is 299 g/mol. The van der Waals surface area contributed by atoms with Crippen molar-refractivity contribution in [3.8, 4) is 0 Å². The lowest BCUT2D eigenvalue weighted by Gasteiger charge is -2.48. The molecule has 1 spiro atoms. The van der Waals surface area contributed by atoms with Crippen molar-refractivity contribution in [2.24, 2.45) is 5.92 Å². The lowest BCUT2D eigenvalue weighted by atomic mass is 9.89. The molecule has 118 valence electrons. The van der Waals surface area contributed by atoms with Crippen LogP contribution in [-0.2, 0) is 0 Å². The highest BCUT2D eigenvalue weighted by atomic mass is 32.2. The zero-order valence-corrected chi connectivity index (χ0v) is 14.6. The van der Waals surface area contributed by atoms with Crippen LogP contribution >= 0.6 is 11.8 Å². The Hall–Kier alpha value is 0.270. The zero-order chi connectivity index (χ0) is 14.4. The zero-order valence-electron chi connectivity index (χ0n) is 13.8. The first-order chi connectivity index (χ1) is 9.67. The number of hydrogen-bond donors (Lipinski definition) is 1. The number of unbranched alkanes of at least 4 members (excludes halogenated alkanes) is 2. The van der Waals surface area contributed by atoms with Crippen LogP contribution in [0.15, 0.2) is 0 Å². The molecule has 0 bridgehead atoms. The quantitative estimate of drug-likeness (QED) is 0.720. The van der Waals surface area contributed by atoms with Crippen LogP contribution < -0.4 is 5.32 Å². The van der Waals surface area contributed by atoms with Gasteiger partial charge in [0.15, 0.2) is 0 Å². The molecule has 1 N–H and O–H groups in total. The monoisotopic (exact) mass is 298 g/mol. The summed E-state index contributed by atoms with van der Waals surface area (Å²) in [6.07, 6.45) is 12.1. The standard InChI is InChI=1S/C17H34N2S/c1-15(2)16-13-18-17(9-5-6-10-17)14-19(16)11-7-4-8-12-20-3/h15-16,18H,4-14H2,1-3H3. The van der Waals surface area contributed by atoms with E-state index >= 15 is 0 Å². The van der Waals surface area contributed by atoms with E-state index in [4.69, 9.17) is 0 Å². The van der Waals surface area contributed by atoms with Gasteiger partial charge in [0.1, 0.15) is 0 Å². The topological polar surface area (TPSA) is 15.3 Å². The molecule has 1 atom stereocenters. The predicted octanol–water partition coefficient (Wildman–Crippen LogP) is 3.76. The molecule has 2 nitrogen and oxygen atoms in total. The molecule has 1 aliphatic carbocycles. The van der Waals surface area contributed by atoms with E-state index in [1.807, 2.05) is 11.8 Å². The Morgan fingerprint density at radius 2 is 1.95 bits per heavy atom. The van der Waals surface area contributed by atoms with Gasteiger partial charge in [-0.1, -0.05) is 33.1 Å². The molecule has 0 aromatic heterocycles. The lowest BCUT2D eigenvalue weighted by molar-refractivity contribution is 0.0557. The van der Waals surface area contributed by atoms with Crippen LogP contribution in [0.3, 0.4) is 0 Å². The summed E-state index contributed by atoms with van der Waals surface area (Å²) in [6, 6.07) is 0.752. The number of rotatable bonds is 7. The fourth-order valence-electron chi connectivity index (χ4n) is 4.04. The van der Waals surface area contributed by atoms with Gasteiger partial charge in [0, 0.05) is 24.7 Å². The van der Waals surface area contributed by atoms with E-state index in [1.54, 1.807) is 0 Å². The average Bonchev–Trinajstić information content (AvgIpc) is 2.86. The van der Waals surface area contributed by atoms with Crippen LogP contribution in [0.5, 0.6) is 0 Å². The number of nitrogens with zero attached hydrogens (tertiary/aromatic N) is 1. The molecule has 2 aliphatic rings. The first-order valence-electron chi connectivity index (χ1n) is 8.65. The Labute approximate surface area is 130 Å². The second-order valence-electron chi connectivity index (χ2n) is 7.20. The molecule has 0 aromatic carbocycles. The van der Waals surface area contributed by atoms with Crippen molar-refractivity contribution in [1.82, 2.24) is 10.2 Å². The minimum atomic E-state index is 0.477. The van der Waals surface area contributed by atoms with E-state index in [9.17, 15) is 0 Å². The Kier molecular flexibility index (Phi) is 6.70. The van der Waals surface area contributed by atoms with E-state index < -0.39 is 0 Å². The maximum absolute atomic E-state index is 3.92. The molecule has 3 heteroatoms. The van der Waals surface area contributed by atoms with Gasteiger partial charge in [-0.25, -0.2) is 0 Å². The van der Waals surface area contributed by atoms with Crippen LogP contribution in [0.2, 0.25) is 0 Å². The van der Waals surface area contributed by atoms with Crippen LogP contribution in [0.4, 0.5) is 0 Å². The van der Waals surface area contributed by atoms with Crippen molar-refractivity contribution in [3.63, 3.8) is 0 Å². The number of hydrogen-bond acceptors (Lipinski definition) is 3. The van der Waals surface area contributed by atoms with Gasteiger partial charge in [-0.15, -0.1) is 0 Å². The van der Waals surface area contributed by atoms with Crippen LogP contribution in [-0.4, -0.2) is 48.1 Å². The minimum Gasteiger partial charge on any atom is -0.308 e. The highest BCUT2D eigenvalue weighted by Crippen LogP contribution is 2.34. The molecule has 20 heavy (non-hydrogen) atoms. The third-order valence-corrected chi connectivity index (χ3v) is 5.98. The number of nitrogens with one attached hydrogen (secondary N) is 1. The molecule has 1 heterocycles. The van der Waals surface area contributed by atoms with Crippen LogP contribution in [0, 0.1) is 5.92 Å². The molecule has 1 aliphatic heterocycles. The highest BCUT2D eigenvalue weighted by Gasteiger charge is 2.41. The first-order valence-corrected chi connectivity index (χ1v) is 10.0. The van der Waals surface area contributed by atoms with Gasteiger partial charge in [-0.3, -0.25) is 4.90 Å². The van der Waals surface area contributed by atoms with Crippen LogP contribution in [0.1, 0.15) is 58.8 Å². The maximum atomic E-state index is 3.92. The Morgan fingerprint density at radius 3 is 2.60 bits per heavy atom. The molecular formula is C17H34N2S. The summed E-state index contributed by atoms with van der Waals surface area (Å²) in [5.74, 6) is 2.10. The second-order valence-corrected chi connectivity index (χ2v) is 8.19. The number of piperazine rings is 1. The molecular weight excluding hydrogens is 264 g/mol. The highest BCUT2D eigenvalue weighted by molar-refractivity contribution is 7.98. The predicted molar refractivity (Wildman–Crippen MR) is 91.6 cm³/mol. The molecule has 0 amide bonds. The maximum Gasteiger partial charge on any atom is 0.0309 e. The Morgan fingerprint density at radius 1 is 1.20 bits per heavy atom. The summed E-state index contributed by atoms with van der Waals surface area (Å²) in [7, 11) is 0. The summed E-state index contributed by atoms with van der Waals surface area (Å²) in [4.78, 5) is 2.82. The van der Waals surface area contributed by atoms with Crippen molar-refractivity contribution >= 4 is 11.8 Å². The molecule has 1 saturated heterocycles. The minimum absolute atomic E-state index is 0.477. The molecule has 1 unspecified atom stereocenters. The van der Waals surface area contributed by atoms with Gasteiger partial charge < -0.3 is 5.32 Å². The lowest BCUT2D eigenvalue weighted by Crippen LogP contribution is -2.64. The first kappa shape index (κ1) is 16.6. The number of thioether (sulfide) groups is 1. The van der Waals surface area contributed by atoms with E-state index in [0.29, 0.717) is 5.54 Å². The van der Waals surface area contributed by atoms with E-state index in [-0.39, 0.29) is 0 Å². The van der Waals surface area contributed by atoms with Gasteiger partial charge in [-0.2, -0.15) is 11.8 Å². The molecule has 2 rings (SSSR count). The van der Waals surface area contributed by atoms with Crippen molar-refractivity contribution in [3.05, 3.63) is 0 Å².